The van der Waals surface area contributed by atoms with E-state index in [9.17, 15) is 4.79 Å². The number of para-hydroxylation sites is 1. The Hall–Kier alpha value is -1.55. The van der Waals surface area contributed by atoms with Crippen LogP contribution in [0.4, 0.5) is 0 Å². The van der Waals surface area contributed by atoms with E-state index in [0.29, 0.717) is 6.42 Å². The van der Waals surface area contributed by atoms with Crippen LogP contribution in [-0.4, -0.2) is 36.0 Å². The third kappa shape index (κ3) is 4.01. The number of rotatable bonds is 4. The van der Waals surface area contributed by atoms with E-state index in [4.69, 9.17) is 10.5 Å². The zero-order valence-corrected chi connectivity index (χ0v) is 14.1. The zero-order chi connectivity index (χ0) is 16.3. The van der Waals surface area contributed by atoms with Crippen LogP contribution in [-0.2, 0) is 11.2 Å². The van der Waals surface area contributed by atoms with Gasteiger partial charge in [-0.3, -0.25) is 4.79 Å². The fourth-order valence-electron chi connectivity index (χ4n) is 2.88. The second-order valence-electron chi connectivity index (χ2n) is 7.15. The Morgan fingerprint density at radius 2 is 2.09 bits per heavy atom. The molecule has 1 atom stereocenters. The first-order valence-electron chi connectivity index (χ1n) is 8.07. The number of carbonyl (C=O) groups excluding carboxylic acids is 1. The van der Waals surface area contributed by atoms with Gasteiger partial charge in [0.25, 0.3) is 0 Å². The van der Waals surface area contributed by atoms with E-state index < -0.39 is 0 Å². The van der Waals surface area contributed by atoms with Crippen LogP contribution in [0.3, 0.4) is 0 Å². The second-order valence-corrected chi connectivity index (χ2v) is 7.15. The molecule has 4 heteroatoms. The molecular formula is C18H28N2O2. The lowest BCUT2D eigenvalue weighted by Crippen LogP contribution is -2.54. The summed E-state index contributed by atoms with van der Waals surface area (Å²) in [4.78, 5) is 14.6. The molecule has 22 heavy (non-hydrogen) atoms. The van der Waals surface area contributed by atoms with E-state index in [0.717, 1.165) is 30.8 Å². The number of nitrogens with zero attached hydrogens (tertiary/aromatic N) is 1. The molecular weight excluding hydrogens is 276 g/mol. The molecule has 1 aliphatic heterocycles. The summed E-state index contributed by atoms with van der Waals surface area (Å²) in [5, 5.41) is 0. The third-order valence-corrected chi connectivity index (χ3v) is 4.34. The molecule has 1 aromatic carbocycles. The average molecular weight is 304 g/mol. The number of amides is 1. The van der Waals surface area contributed by atoms with Crippen LogP contribution in [0.1, 0.15) is 39.7 Å². The fraction of sp³-hybridized carbons (Fsp3) is 0.611. The summed E-state index contributed by atoms with van der Waals surface area (Å²) in [6.07, 6.45) is 1.35. The van der Waals surface area contributed by atoms with Crippen molar-refractivity contribution in [3.05, 3.63) is 29.8 Å². The molecule has 1 fully saturated rings. The van der Waals surface area contributed by atoms with Crippen molar-refractivity contribution in [1.29, 1.82) is 0 Å². The Morgan fingerprint density at radius 3 is 2.73 bits per heavy atom. The van der Waals surface area contributed by atoms with Crippen molar-refractivity contribution in [2.24, 2.45) is 11.1 Å². The van der Waals surface area contributed by atoms with Crippen molar-refractivity contribution in [2.75, 3.05) is 13.1 Å². The van der Waals surface area contributed by atoms with Crippen LogP contribution in [0.2, 0.25) is 0 Å². The van der Waals surface area contributed by atoms with Crippen LogP contribution in [0.25, 0.3) is 0 Å². The number of likely N-dealkylation sites (tertiary alicyclic amines) is 1. The maximum Gasteiger partial charge on any atom is 0.227 e. The minimum absolute atomic E-state index is 0.0259. The molecule has 0 aliphatic carbocycles. The minimum atomic E-state index is -0.0259. The van der Waals surface area contributed by atoms with Gasteiger partial charge in [0.05, 0.1) is 12.5 Å². The van der Waals surface area contributed by atoms with Crippen LogP contribution < -0.4 is 10.5 Å². The van der Waals surface area contributed by atoms with Gasteiger partial charge >= 0.3 is 0 Å². The molecule has 2 N–H and O–H groups in total. The lowest BCUT2D eigenvalue weighted by atomic mass is 9.79. The third-order valence-electron chi connectivity index (χ3n) is 4.34. The summed E-state index contributed by atoms with van der Waals surface area (Å²) in [5.41, 5.74) is 7.08. The van der Waals surface area contributed by atoms with Crippen molar-refractivity contribution in [1.82, 2.24) is 4.90 Å². The van der Waals surface area contributed by atoms with Crippen LogP contribution in [0.15, 0.2) is 24.3 Å². The Morgan fingerprint density at radius 1 is 1.41 bits per heavy atom. The smallest absolute Gasteiger partial charge is 0.227 e. The molecule has 1 heterocycles. The van der Waals surface area contributed by atoms with E-state index >= 15 is 0 Å². The standard InChI is InChI=1S/C18H28N2O2/c1-13(2)22-15-8-6-5-7-14(15)11-17(21)20-10-9-16(19)18(3,4)12-20/h5-8,13,16H,9-12,19H2,1-4H3. The van der Waals surface area contributed by atoms with Gasteiger partial charge in [-0.15, -0.1) is 0 Å². The van der Waals surface area contributed by atoms with E-state index in [1.54, 1.807) is 0 Å². The van der Waals surface area contributed by atoms with Gasteiger partial charge in [-0.2, -0.15) is 0 Å². The summed E-state index contributed by atoms with van der Waals surface area (Å²) in [6, 6.07) is 7.95. The van der Waals surface area contributed by atoms with Gasteiger partial charge in [-0.1, -0.05) is 32.0 Å². The SMILES string of the molecule is CC(C)Oc1ccccc1CC(=O)N1CCC(N)C(C)(C)C1. The molecule has 0 aromatic heterocycles. The van der Waals surface area contributed by atoms with E-state index in [-0.39, 0.29) is 23.5 Å². The maximum atomic E-state index is 12.6. The van der Waals surface area contributed by atoms with Crippen LogP contribution >= 0.6 is 0 Å². The molecule has 0 spiro atoms. The summed E-state index contributed by atoms with van der Waals surface area (Å²) in [6.45, 7) is 9.72. The Bertz CT molecular complexity index is 526. The Kier molecular flexibility index (Phi) is 5.12. The Balaban J connectivity index is 2.06. The molecule has 122 valence electrons. The summed E-state index contributed by atoms with van der Waals surface area (Å²) in [7, 11) is 0. The largest absolute Gasteiger partial charge is 0.491 e. The van der Waals surface area contributed by atoms with Crippen LogP contribution in [0.5, 0.6) is 5.75 Å². The van der Waals surface area contributed by atoms with Crippen molar-refractivity contribution in [3.8, 4) is 5.75 Å². The van der Waals surface area contributed by atoms with E-state index in [2.05, 4.69) is 13.8 Å². The first kappa shape index (κ1) is 16.8. The summed E-state index contributed by atoms with van der Waals surface area (Å²) in [5.74, 6) is 0.957. The quantitative estimate of drug-likeness (QED) is 0.930. The summed E-state index contributed by atoms with van der Waals surface area (Å²) >= 11 is 0. The number of ether oxygens (including phenoxy) is 1. The monoisotopic (exact) mass is 304 g/mol. The lowest BCUT2D eigenvalue weighted by Gasteiger charge is -2.42. The molecule has 1 unspecified atom stereocenters. The van der Waals surface area contributed by atoms with E-state index in [1.807, 2.05) is 43.0 Å². The Labute approximate surface area is 133 Å². The normalized spacial score (nSPS) is 21.0. The van der Waals surface area contributed by atoms with Gasteiger partial charge in [-0.05, 0) is 31.7 Å². The highest BCUT2D eigenvalue weighted by molar-refractivity contribution is 5.79. The van der Waals surface area contributed by atoms with Crippen molar-refractivity contribution in [2.45, 2.75) is 52.7 Å². The molecule has 1 aromatic rings. The van der Waals surface area contributed by atoms with Gasteiger partial charge in [0.2, 0.25) is 5.91 Å². The van der Waals surface area contributed by atoms with Crippen molar-refractivity contribution >= 4 is 5.91 Å². The van der Waals surface area contributed by atoms with Gasteiger partial charge in [0.1, 0.15) is 5.75 Å². The highest BCUT2D eigenvalue weighted by Gasteiger charge is 2.35. The molecule has 0 radical (unpaired) electrons. The van der Waals surface area contributed by atoms with Gasteiger partial charge in [0.15, 0.2) is 0 Å². The van der Waals surface area contributed by atoms with Crippen molar-refractivity contribution in [3.63, 3.8) is 0 Å². The molecule has 1 amide bonds. The first-order valence-corrected chi connectivity index (χ1v) is 8.07. The first-order chi connectivity index (χ1) is 10.3. The van der Waals surface area contributed by atoms with Gasteiger partial charge in [-0.25, -0.2) is 0 Å². The molecule has 0 bridgehead atoms. The summed E-state index contributed by atoms with van der Waals surface area (Å²) < 4.78 is 5.80. The second kappa shape index (κ2) is 6.69. The predicted molar refractivity (Wildman–Crippen MR) is 88.9 cm³/mol. The van der Waals surface area contributed by atoms with Crippen LogP contribution in [0, 0.1) is 5.41 Å². The van der Waals surface area contributed by atoms with Gasteiger partial charge in [0, 0.05) is 24.7 Å². The highest BCUT2D eigenvalue weighted by Crippen LogP contribution is 2.28. The predicted octanol–water partition coefficient (Wildman–Crippen LogP) is 2.60. The topological polar surface area (TPSA) is 55.6 Å². The van der Waals surface area contributed by atoms with Crippen molar-refractivity contribution < 1.29 is 9.53 Å². The average Bonchev–Trinajstić information content (AvgIpc) is 2.43. The fourth-order valence-corrected chi connectivity index (χ4v) is 2.88. The molecule has 1 aliphatic rings. The maximum absolute atomic E-state index is 12.6. The lowest BCUT2D eigenvalue weighted by molar-refractivity contribution is -0.133. The zero-order valence-electron chi connectivity index (χ0n) is 14.1. The minimum Gasteiger partial charge on any atom is -0.491 e. The van der Waals surface area contributed by atoms with E-state index in [1.165, 1.54) is 0 Å². The van der Waals surface area contributed by atoms with Gasteiger partial charge < -0.3 is 15.4 Å². The number of benzene rings is 1. The number of hydrogen-bond donors (Lipinski definition) is 1. The molecule has 1 saturated heterocycles. The highest BCUT2D eigenvalue weighted by atomic mass is 16.5. The number of hydrogen-bond acceptors (Lipinski definition) is 3. The number of piperidine rings is 1. The molecule has 2 rings (SSSR count). The molecule has 4 nitrogen and oxygen atoms in total. The molecule has 0 saturated carbocycles. The number of carbonyl (C=O) groups is 1. The number of nitrogens with two attached hydrogens (primary N) is 1.